The molecule has 0 amide bonds. The van der Waals surface area contributed by atoms with E-state index in [2.05, 4.69) is 37.3 Å². The van der Waals surface area contributed by atoms with E-state index < -0.39 is 12.0 Å². The van der Waals surface area contributed by atoms with Crippen LogP contribution in [-0.2, 0) is 16.0 Å². The van der Waals surface area contributed by atoms with Crippen molar-refractivity contribution in [2.45, 2.75) is 12.5 Å². The Morgan fingerprint density at radius 3 is 3.08 bits per heavy atom. The highest BCUT2D eigenvalue weighted by Gasteiger charge is 2.16. The molecule has 0 radical (unpaired) electrons. The van der Waals surface area contributed by atoms with Crippen molar-refractivity contribution in [2.24, 2.45) is 5.73 Å². The smallest absolute Gasteiger partial charge is 0.323 e. The predicted octanol–water partition coefficient (Wildman–Crippen LogP) is 0.0571. The van der Waals surface area contributed by atoms with E-state index >= 15 is 0 Å². The second-order valence-corrected chi connectivity index (χ2v) is 3.53. The minimum absolute atomic E-state index is 0.412. The number of hydrogen-bond donors (Lipinski definition) is 2. The summed E-state index contributed by atoms with van der Waals surface area (Å²) in [6, 6.07) is -0.626. The first kappa shape index (κ1) is 10.5. The molecular formula is C7H10IN3O2. The number of aromatic amines is 1. The number of nitrogens with one attached hydrogen (secondary N) is 1. The lowest BCUT2D eigenvalue weighted by Gasteiger charge is -2.07. The van der Waals surface area contributed by atoms with E-state index in [4.69, 9.17) is 5.73 Å². The van der Waals surface area contributed by atoms with Crippen molar-refractivity contribution in [3.05, 3.63) is 15.7 Å². The van der Waals surface area contributed by atoms with Crippen LogP contribution in [-0.4, -0.2) is 29.1 Å². The minimum atomic E-state index is -0.626. The van der Waals surface area contributed by atoms with Gasteiger partial charge in [0.05, 0.1) is 19.1 Å². The fourth-order valence-electron chi connectivity index (χ4n) is 0.902. The molecule has 0 aliphatic carbocycles. The van der Waals surface area contributed by atoms with Gasteiger partial charge in [-0.05, 0) is 22.6 Å². The molecule has 1 aromatic rings. The van der Waals surface area contributed by atoms with E-state index in [0.29, 0.717) is 6.42 Å². The molecule has 0 unspecified atom stereocenters. The lowest BCUT2D eigenvalue weighted by Crippen LogP contribution is -2.33. The molecule has 0 saturated carbocycles. The standard InChI is InChI=1S/C7H10IN3O2/c1-13-7(12)4(9)2-5-6(8)11-3-10-5/h3-4H,2,9H2,1H3,(H,10,11)/t4-/m0/s1. The number of ether oxygens (including phenoxy) is 1. The second-order valence-electron chi connectivity index (χ2n) is 2.51. The molecular weight excluding hydrogens is 285 g/mol. The molecule has 0 bridgehead atoms. The third-order valence-electron chi connectivity index (χ3n) is 1.59. The van der Waals surface area contributed by atoms with E-state index in [1.807, 2.05) is 0 Å². The van der Waals surface area contributed by atoms with Gasteiger partial charge in [0.1, 0.15) is 9.74 Å². The predicted molar refractivity (Wildman–Crippen MR) is 55.0 cm³/mol. The van der Waals surface area contributed by atoms with Crippen LogP contribution < -0.4 is 5.73 Å². The fraction of sp³-hybridized carbons (Fsp3) is 0.429. The van der Waals surface area contributed by atoms with Crippen LogP contribution in [0.4, 0.5) is 0 Å². The van der Waals surface area contributed by atoms with Crippen LogP contribution in [0.3, 0.4) is 0 Å². The Labute approximate surface area is 89.2 Å². The van der Waals surface area contributed by atoms with Gasteiger partial charge in [0.25, 0.3) is 0 Å². The lowest BCUT2D eigenvalue weighted by atomic mass is 10.2. The summed E-state index contributed by atoms with van der Waals surface area (Å²) in [5, 5.41) is 0. The van der Waals surface area contributed by atoms with Crippen LogP contribution in [0.1, 0.15) is 5.69 Å². The monoisotopic (exact) mass is 295 g/mol. The van der Waals surface area contributed by atoms with Crippen LogP contribution >= 0.6 is 22.6 Å². The largest absolute Gasteiger partial charge is 0.468 e. The van der Waals surface area contributed by atoms with Crippen LogP contribution in [0, 0.1) is 3.70 Å². The van der Waals surface area contributed by atoms with E-state index in [1.165, 1.54) is 7.11 Å². The first-order chi connectivity index (χ1) is 6.15. The average molecular weight is 295 g/mol. The van der Waals surface area contributed by atoms with E-state index in [0.717, 1.165) is 9.39 Å². The number of aromatic nitrogens is 2. The third kappa shape index (κ3) is 2.66. The zero-order chi connectivity index (χ0) is 9.84. The molecule has 1 aromatic heterocycles. The number of nitrogens with two attached hydrogens (primary N) is 1. The summed E-state index contributed by atoms with van der Waals surface area (Å²) >= 11 is 2.07. The lowest BCUT2D eigenvalue weighted by molar-refractivity contribution is -0.142. The maximum absolute atomic E-state index is 11.0. The van der Waals surface area contributed by atoms with Crippen molar-refractivity contribution in [3.8, 4) is 0 Å². The number of imidazole rings is 1. The SMILES string of the molecule is COC(=O)[C@@H](N)Cc1[nH]cnc1I. The summed E-state index contributed by atoms with van der Waals surface area (Å²) in [7, 11) is 1.32. The normalized spacial score (nSPS) is 12.5. The molecule has 13 heavy (non-hydrogen) atoms. The Morgan fingerprint density at radius 2 is 2.62 bits per heavy atom. The Bertz CT molecular complexity index is 300. The van der Waals surface area contributed by atoms with Gasteiger partial charge in [-0.3, -0.25) is 4.79 Å². The Hall–Kier alpha value is -0.630. The highest BCUT2D eigenvalue weighted by Crippen LogP contribution is 2.08. The van der Waals surface area contributed by atoms with E-state index in [9.17, 15) is 4.79 Å². The zero-order valence-electron chi connectivity index (χ0n) is 7.08. The van der Waals surface area contributed by atoms with Gasteiger partial charge in [-0.2, -0.15) is 0 Å². The number of methoxy groups -OCH3 is 1. The third-order valence-corrected chi connectivity index (χ3v) is 2.52. The summed E-state index contributed by atoms with van der Waals surface area (Å²) in [5.41, 5.74) is 6.42. The number of carbonyl (C=O) groups excluding carboxylic acids is 1. The molecule has 0 saturated heterocycles. The second kappa shape index (κ2) is 4.56. The summed E-state index contributed by atoms with van der Waals surface area (Å²) in [4.78, 5) is 17.9. The Kier molecular flexibility index (Phi) is 3.67. The van der Waals surface area contributed by atoms with Crippen molar-refractivity contribution in [2.75, 3.05) is 7.11 Å². The maximum Gasteiger partial charge on any atom is 0.323 e. The molecule has 1 rings (SSSR count). The molecule has 0 aliphatic rings. The number of hydrogen-bond acceptors (Lipinski definition) is 4. The van der Waals surface area contributed by atoms with E-state index in [-0.39, 0.29) is 0 Å². The first-order valence-corrected chi connectivity index (χ1v) is 4.74. The minimum Gasteiger partial charge on any atom is -0.468 e. The Balaban J connectivity index is 2.59. The summed E-state index contributed by atoms with van der Waals surface area (Å²) in [6.45, 7) is 0. The molecule has 0 aromatic carbocycles. The van der Waals surface area contributed by atoms with Crippen LogP contribution in [0.15, 0.2) is 6.33 Å². The van der Waals surface area contributed by atoms with Gasteiger partial charge < -0.3 is 15.5 Å². The maximum atomic E-state index is 11.0. The van der Waals surface area contributed by atoms with Gasteiger partial charge >= 0.3 is 5.97 Å². The van der Waals surface area contributed by atoms with Crippen molar-refractivity contribution >= 4 is 28.6 Å². The highest BCUT2D eigenvalue weighted by molar-refractivity contribution is 14.1. The van der Waals surface area contributed by atoms with Gasteiger partial charge in [-0.15, -0.1) is 0 Å². The van der Waals surface area contributed by atoms with Crippen molar-refractivity contribution in [1.82, 2.24) is 9.97 Å². The summed E-state index contributed by atoms with van der Waals surface area (Å²) in [5.74, 6) is -0.412. The highest BCUT2D eigenvalue weighted by atomic mass is 127. The zero-order valence-corrected chi connectivity index (χ0v) is 9.24. The molecule has 0 fully saturated rings. The number of esters is 1. The van der Waals surface area contributed by atoms with Crippen molar-refractivity contribution in [3.63, 3.8) is 0 Å². The molecule has 3 N–H and O–H groups in total. The Morgan fingerprint density at radius 1 is 1.92 bits per heavy atom. The summed E-state index contributed by atoms with van der Waals surface area (Å²) in [6.07, 6.45) is 1.99. The van der Waals surface area contributed by atoms with Gasteiger partial charge in [0.15, 0.2) is 0 Å². The molecule has 1 heterocycles. The molecule has 0 aliphatic heterocycles. The van der Waals surface area contributed by atoms with Crippen LogP contribution in [0.5, 0.6) is 0 Å². The van der Waals surface area contributed by atoms with Gasteiger partial charge in [-0.1, -0.05) is 0 Å². The van der Waals surface area contributed by atoms with Gasteiger partial charge in [-0.25, -0.2) is 4.98 Å². The number of halogens is 1. The topological polar surface area (TPSA) is 81.0 Å². The number of nitrogens with zero attached hydrogens (tertiary/aromatic N) is 1. The number of H-pyrrole nitrogens is 1. The van der Waals surface area contributed by atoms with Crippen molar-refractivity contribution < 1.29 is 9.53 Å². The van der Waals surface area contributed by atoms with Gasteiger partial charge in [0, 0.05) is 6.42 Å². The fourth-order valence-corrected chi connectivity index (χ4v) is 1.42. The van der Waals surface area contributed by atoms with Gasteiger partial charge in [0.2, 0.25) is 0 Å². The average Bonchev–Trinajstić information content (AvgIpc) is 2.50. The summed E-state index contributed by atoms with van der Waals surface area (Å²) < 4.78 is 5.33. The number of carbonyl (C=O) groups is 1. The van der Waals surface area contributed by atoms with Crippen LogP contribution in [0.2, 0.25) is 0 Å². The molecule has 1 atom stereocenters. The van der Waals surface area contributed by atoms with Crippen LogP contribution in [0.25, 0.3) is 0 Å². The molecule has 6 heteroatoms. The molecule has 0 spiro atoms. The van der Waals surface area contributed by atoms with E-state index in [1.54, 1.807) is 6.33 Å². The first-order valence-electron chi connectivity index (χ1n) is 3.66. The van der Waals surface area contributed by atoms with Crippen molar-refractivity contribution in [1.29, 1.82) is 0 Å². The number of rotatable bonds is 3. The quantitative estimate of drug-likeness (QED) is 0.610. The molecule has 72 valence electrons. The molecule has 5 nitrogen and oxygen atoms in total.